The molecular formula is C17H23N3O3S. The molecule has 0 unspecified atom stereocenters. The topological polar surface area (TPSA) is 75.5 Å². The third kappa shape index (κ3) is 3.10. The van der Waals surface area contributed by atoms with Crippen LogP contribution in [-0.4, -0.2) is 47.3 Å². The molecule has 0 bridgehead atoms. The van der Waals surface area contributed by atoms with Gasteiger partial charge in [0, 0.05) is 19.7 Å². The third-order valence-electron chi connectivity index (χ3n) is 4.42. The first-order valence-electron chi connectivity index (χ1n) is 8.35. The minimum atomic E-state index is -0.298. The maximum atomic E-state index is 12.2. The number of piperidine rings is 1. The molecule has 130 valence electrons. The Balaban J connectivity index is 2.08. The number of ether oxygens (including phenoxy) is 1. The molecule has 0 spiro atoms. The van der Waals surface area contributed by atoms with Gasteiger partial charge in [-0.05, 0) is 45.1 Å². The Morgan fingerprint density at radius 3 is 2.92 bits per heavy atom. The lowest BCUT2D eigenvalue weighted by Gasteiger charge is -2.33. The number of aliphatic hydroxyl groups is 1. The predicted octanol–water partition coefficient (Wildman–Crippen LogP) is 2.69. The minimum absolute atomic E-state index is 0.195. The van der Waals surface area contributed by atoms with Gasteiger partial charge in [-0.2, -0.15) is 0 Å². The van der Waals surface area contributed by atoms with Gasteiger partial charge in [-0.3, -0.25) is 0 Å². The van der Waals surface area contributed by atoms with Crippen LogP contribution in [0.25, 0.3) is 10.2 Å². The predicted molar refractivity (Wildman–Crippen MR) is 94.9 cm³/mol. The maximum Gasteiger partial charge on any atom is 0.348 e. The highest BCUT2D eigenvalue weighted by molar-refractivity contribution is 7.20. The second-order valence-electron chi connectivity index (χ2n) is 6.19. The number of aryl methyl sites for hydroxylation is 2. The van der Waals surface area contributed by atoms with Crippen LogP contribution in [0.15, 0.2) is 0 Å². The average molecular weight is 349 g/mol. The first-order chi connectivity index (χ1) is 11.5. The zero-order valence-corrected chi connectivity index (χ0v) is 15.2. The Bertz CT molecular complexity index is 759. The molecule has 24 heavy (non-hydrogen) atoms. The van der Waals surface area contributed by atoms with Crippen LogP contribution in [0.2, 0.25) is 0 Å². The highest BCUT2D eigenvalue weighted by Crippen LogP contribution is 2.37. The fourth-order valence-corrected chi connectivity index (χ4v) is 4.36. The standard InChI is InChI=1S/C17H23N3O3S/c1-4-23-17(22)14-10(2)13-15(18-11(3)19-16(13)24-14)20-7-5-6-12(8-20)9-21/h12,21H,4-9H2,1-3H3/t12-/m1/s1. The Morgan fingerprint density at radius 1 is 1.42 bits per heavy atom. The number of rotatable bonds is 4. The van der Waals surface area contributed by atoms with Crippen LogP contribution >= 0.6 is 11.3 Å². The summed E-state index contributed by atoms with van der Waals surface area (Å²) >= 11 is 1.37. The molecule has 0 saturated carbocycles. The zero-order valence-electron chi connectivity index (χ0n) is 14.3. The highest BCUT2D eigenvalue weighted by Gasteiger charge is 2.26. The number of hydrogen-bond donors (Lipinski definition) is 1. The van der Waals surface area contributed by atoms with Crippen molar-refractivity contribution in [2.45, 2.75) is 33.6 Å². The molecule has 0 radical (unpaired) electrons. The molecule has 1 atom stereocenters. The average Bonchev–Trinajstić information content (AvgIpc) is 2.91. The summed E-state index contributed by atoms with van der Waals surface area (Å²) in [7, 11) is 0. The summed E-state index contributed by atoms with van der Waals surface area (Å²) in [5.74, 6) is 1.54. The molecule has 1 fully saturated rings. The Labute approximate surface area is 145 Å². The van der Waals surface area contributed by atoms with Gasteiger partial charge < -0.3 is 14.7 Å². The summed E-state index contributed by atoms with van der Waals surface area (Å²) in [6, 6.07) is 0. The summed E-state index contributed by atoms with van der Waals surface area (Å²) in [6.45, 7) is 7.85. The van der Waals surface area contributed by atoms with Gasteiger partial charge in [-0.25, -0.2) is 14.8 Å². The molecule has 2 aromatic rings. The van der Waals surface area contributed by atoms with Crippen molar-refractivity contribution >= 4 is 33.3 Å². The lowest BCUT2D eigenvalue weighted by molar-refractivity contribution is 0.0531. The minimum Gasteiger partial charge on any atom is -0.462 e. The van der Waals surface area contributed by atoms with Crippen molar-refractivity contribution < 1.29 is 14.6 Å². The van der Waals surface area contributed by atoms with E-state index in [1.807, 2.05) is 13.8 Å². The summed E-state index contributed by atoms with van der Waals surface area (Å²) in [5, 5.41) is 10.4. The van der Waals surface area contributed by atoms with Crippen LogP contribution in [0.1, 0.15) is 40.8 Å². The first-order valence-corrected chi connectivity index (χ1v) is 9.17. The van der Waals surface area contributed by atoms with E-state index in [1.54, 1.807) is 6.92 Å². The summed E-state index contributed by atoms with van der Waals surface area (Å²) in [5.41, 5.74) is 0.884. The van der Waals surface area contributed by atoms with E-state index in [2.05, 4.69) is 14.9 Å². The number of nitrogens with zero attached hydrogens (tertiary/aromatic N) is 3. The van der Waals surface area contributed by atoms with Gasteiger partial charge in [-0.15, -0.1) is 11.3 Å². The first kappa shape index (κ1) is 17.1. The van der Waals surface area contributed by atoms with Crippen molar-refractivity contribution in [1.82, 2.24) is 9.97 Å². The van der Waals surface area contributed by atoms with E-state index in [1.165, 1.54) is 11.3 Å². The van der Waals surface area contributed by atoms with Crippen molar-refractivity contribution in [2.24, 2.45) is 5.92 Å². The molecule has 0 amide bonds. The summed E-state index contributed by atoms with van der Waals surface area (Å²) < 4.78 is 5.16. The molecule has 1 N–H and O–H groups in total. The van der Waals surface area contributed by atoms with Gasteiger partial charge >= 0.3 is 5.97 Å². The van der Waals surface area contributed by atoms with Gasteiger partial charge in [-0.1, -0.05) is 0 Å². The Hall–Kier alpha value is -1.73. The van der Waals surface area contributed by atoms with Gasteiger partial charge in [0.1, 0.15) is 21.3 Å². The van der Waals surface area contributed by atoms with E-state index < -0.39 is 0 Å². The van der Waals surface area contributed by atoms with Crippen molar-refractivity contribution in [3.63, 3.8) is 0 Å². The van der Waals surface area contributed by atoms with E-state index in [9.17, 15) is 9.90 Å². The number of carbonyl (C=O) groups is 1. The molecule has 1 aliphatic rings. The van der Waals surface area contributed by atoms with Crippen LogP contribution in [0, 0.1) is 19.8 Å². The SMILES string of the molecule is CCOC(=O)c1sc2nc(C)nc(N3CCC[C@@H](CO)C3)c2c1C. The molecule has 3 heterocycles. The summed E-state index contributed by atoms with van der Waals surface area (Å²) in [4.78, 5) is 25.0. The molecule has 3 rings (SSSR count). The number of carbonyl (C=O) groups excluding carboxylic acids is 1. The number of anilines is 1. The monoisotopic (exact) mass is 349 g/mol. The molecule has 6 nitrogen and oxygen atoms in total. The number of fused-ring (bicyclic) bond motifs is 1. The van der Waals surface area contributed by atoms with Crippen molar-refractivity contribution in [1.29, 1.82) is 0 Å². The molecule has 1 aliphatic heterocycles. The van der Waals surface area contributed by atoms with Crippen LogP contribution in [-0.2, 0) is 4.74 Å². The highest BCUT2D eigenvalue weighted by atomic mass is 32.1. The normalized spacial score (nSPS) is 18.2. The molecule has 0 aromatic carbocycles. The molecule has 7 heteroatoms. The number of thiophene rings is 1. The van der Waals surface area contributed by atoms with Crippen LogP contribution < -0.4 is 4.90 Å². The fraction of sp³-hybridized carbons (Fsp3) is 0.588. The quantitative estimate of drug-likeness (QED) is 0.856. The zero-order chi connectivity index (χ0) is 17.3. The number of aliphatic hydroxyl groups excluding tert-OH is 1. The smallest absolute Gasteiger partial charge is 0.348 e. The maximum absolute atomic E-state index is 12.2. The van der Waals surface area contributed by atoms with Crippen LogP contribution in [0.4, 0.5) is 5.82 Å². The van der Waals surface area contributed by atoms with E-state index in [4.69, 9.17) is 4.74 Å². The summed E-state index contributed by atoms with van der Waals surface area (Å²) in [6.07, 6.45) is 2.07. The molecular weight excluding hydrogens is 326 g/mol. The van der Waals surface area contributed by atoms with E-state index >= 15 is 0 Å². The number of aromatic nitrogens is 2. The van der Waals surface area contributed by atoms with E-state index in [0.29, 0.717) is 17.3 Å². The second-order valence-corrected chi connectivity index (χ2v) is 7.19. The fourth-order valence-electron chi connectivity index (χ4n) is 3.25. The third-order valence-corrected chi connectivity index (χ3v) is 5.59. The van der Waals surface area contributed by atoms with Gasteiger partial charge in [0.05, 0.1) is 12.0 Å². The van der Waals surface area contributed by atoms with Gasteiger partial charge in [0.15, 0.2) is 0 Å². The van der Waals surface area contributed by atoms with Crippen molar-refractivity contribution in [3.05, 3.63) is 16.3 Å². The molecule has 0 aliphatic carbocycles. The second kappa shape index (κ2) is 7.03. The lowest BCUT2D eigenvalue weighted by Crippen LogP contribution is -2.37. The van der Waals surface area contributed by atoms with E-state index in [-0.39, 0.29) is 18.5 Å². The van der Waals surface area contributed by atoms with Gasteiger partial charge in [0.2, 0.25) is 0 Å². The van der Waals surface area contributed by atoms with Gasteiger partial charge in [0.25, 0.3) is 0 Å². The molecule has 2 aromatic heterocycles. The molecule has 1 saturated heterocycles. The van der Waals surface area contributed by atoms with Crippen molar-refractivity contribution in [3.8, 4) is 0 Å². The Morgan fingerprint density at radius 2 is 2.21 bits per heavy atom. The Kier molecular flexibility index (Phi) is 5.01. The lowest BCUT2D eigenvalue weighted by atomic mass is 9.98. The largest absolute Gasteiger partial charge is 0.462 e. The van der Waals surface area contributed by atoms with Crippen LogP contribution in [0.3, 0.4) is 0 Å². The number of hydrogen-bond acceptors (Lipinski definition) is 7. The number of esters is 1. The van der Waals surface area contributed by atoms with E-state index in [0.717, 1.165) is 47.5 Å². The van der Waals surface area contributed by atoms with Crippen LogP contribution in [0.5, 0.6) is 0 Å². The van der Waals surface area contributed by atoms with Crippen molar-refractivity contribution in [2.75, 3.05) is 31.2 Å².